The van der Waals surface area contributed by atoms with E-state index >= 15 is 0 Å². The molecular formula is C17H11Br2ClS. The summed E-state index contributed by atoms with van der Waals surface area (Å²) in [5.41, 5.74) is 4.13. The highest BCUT2D eigenvalue weighted by Gasteiger charge is 2.21. The average molecular weight is 443 g/mol. The summed E-state index contributed by atoms with van der Waals surface area (Å²) in [5, 5.41) is 2.63. The zero-order valence-electron chi connectivity index (χ0n) is 11.0. The molecule has 21 heavy (non-hydrogen) atoms. The second-order valence-electron chi connectivity index (χ2n) is 5.29. The van der Waals surface area contributed by atoms with E-state index in [2.05, 4.69) is 68.3 Å². The van der Waals surface area contributed by atoms with Gasteiger partial charge in [0.25, 0.3) is 0 Å². The molecule has 0 amide bonds. The molecule has 0 bridgehead atoms. The van der Waals surface area contributed by atoms with Crippen LogP contribution in [0.1, 0.15) is 26.9 Å². The normalized spacial score (nSPS) is 14.8. The Hall–Kier alpha value is -0.350. The van der Waals surface area contributed by atoms with Crippen molar-refractivity contribution in [3.63, 3.8) is 0 Å². The second-order valence-corrected chi connectivity index (χ2v) is 8.98. The van der Waals surface area contributed by atoms with E-state index in [0.29, 0.717) is 0 Å². The maximum atomic E-state index is 6.79. The number of aryl methyl sites for hydroxylation is 2. The molecule has 1 unspecified atom stereocenters. The van der Waals surface area contributed by atoms with Crippen LogP contribution in [0, 0.1) is 0 Å². The molecule has 4 heteroatoms. The molecule has 0 aliphatic heterocycles. The van der Waals surface area contributed by atoms with Gasteiger partial charge in [0, 0.05) is 9.35 Å². The molecule has 0 saturated heterocycles. The van der Waals surface area contributed by atoms with Crippen molar-refractivity contribution in [1.29, 1.82) is 0 Å². The highest BCUT2D eigenvalue weighted by Crippen LogP contribution is 2.43. The van der Waals surface area contributed by atoms with Gasteiger partial charge in [-0.05, 0) is 78.2 Å². The van der Waals surface area contributed by atoms with Crippen molar-refractivity contribution >= 4 is 65.6 Å². The van der Waals surface area contributed by atoms with Crippen LogP contribution in [0.15, 0.2) is 44.7 Å². The van der Waals surface area contributed by atoms with Crippen molar-refractivity contribution in [3.8, 4) is 0 Å². The molecule has 3 aromatic rings. The van der Waals surface area contributed by atoms with Crippen LogP contribution in [0.3, 0.4) is 0 Å². The summed E-state index contributed by atoms with van der Waals surface area (Å²) >= 11 is 15.6. The highest BCUT2D eigenvalue weighted by molar-refractivity contribution is 9.13. The van der Waals surface area contributed by atoms with Crippen LogP contribution in [0.5, 0.6) is 0 Å². The molecule has 0 N–H and O–H groups in total. The third-order valence-corrected chi connectivity index (χ3v) is 8.02. The van der Waals surface area contributed by atoms with Gasteiger partial charge in [0.05, 0.1) is 9.16 Å². The zero-order chi connectivity index (χ0) is 14.6. The van der Waals surface area contributed by atoms with Gasteiger partial charge in [-0.3, -0.25) is 0 Å². The van der Waals surface area contributed by atoms with Gasteiger partial charge in [0.2, 0.25) is 0 Å². The lowest BCUT2D eigenvalue weighted by molar-refractivity contribution is 1.02. The number of thiophene rings is 1. The Balaban J connectivity index is 1.91. The topological polar surface area (TPSA) is 0 Å². The Bertz CT molecular complexity index is 824. The van der Waals surface area contributed by atoms with Gasteiger partial charge in [-0.1, -0.05) is 30.3 Å². The molecule has 0 radical (unpaired) electrons. The fraction of sp³-hybridized carbons (Fsp3) is 0.176. The smallest absolute Gasteiger partial charge is 0.0934 e. The predicted octanol–water partition coefficient (Wildman–Crippen LogP) is 6.85. The first-order valence-electron chi connectivity index (χ1n) is 6.77. The number of halogens is 3. The lowest BCUT2D eigenvalue weighted by Gasteiger charge is -2.13. The average Bonchev–Trinajstić information content (AvgIpc) is 3.05. The van der Waals surface area contributed by atoms with E-state index in [1.54, 1.807) is 11.3 Å². The Morgan fingerprint density at radius 2 is 1.81 bits per heavy atom. The summed E-state index contributed by atoms with van der Waals surface area (Å²) in [4.78, 5) is 1.16. The molecule has 1 aliphatic carbocycles. The maximum absolute atomic E-state index is 6.79. The molecule has 106 valence electrons. The first-order chi connectivity index (χ1) is 10.1. The molecule has 0 nitrogen and oxygen atoms in total. The number of hydrogen-bond donors (Lipinski definition) is 0. The van der Waals surface area contributed by atoms with E-state index in [9.17, 15) is 0 Å². The van der Waals surface area contributed by atoms with Crippen molar-refractivity contribution in [2.24, 2.45) is 0 Å². The van der Waals surface area contributed by atoms with Crippen LogP contribution in [0.2, 0.25) is 0 Å². The Labute approximate surface area is 149 Å². The van der Waals surface area contributed by atoms with E-state index in [-0.39, 0.29) is 5.38 Å². The van der Waals surface area contributed by atoms with Crippen LogP contribution >= 0.6 is 54.8 Å². The van der Waals surface area contributed by atoms with E-state index in [1.165, 1.54) is 27.5 Å². The molecule has 4 rings (SSSR count). The van der Waals surface area contributed by atoms with Gasteiger partial charge in [-0.15, -0.1) is 22.9 Å². The highest BCUT2D eigenvalue weighted by atomic mass is 79.9. The summed E-state index contributed by atoms with van der Waals surface area (Å²) < 4.78 is 2.16. The quantitative estimate of drug-likeness (QED) is 0.381. The number of benzene rings is 2. The zero-order valence-corrected chi connectivity index (χ0v) is 15.7. The molecule has 0 spiro atoms. The van der Waals surface area contributed by atoms with Gasteiger partial charge in [-0.2, -0.15) is 0 Å². The maximum Gasteiger partial charge on any atom is 0.0934 e. The van der Waals surface area contributed by atoms with Crippen LogP contribution in [-0.2, 0) is 12.8 Å². The third-order valence-electron chi connectivity index (χ3n) is 4.10. The third kappa shape index (κ3) is 2.29. The Morgan fingerprint density at radius 1 is 1.05 bits per heavy atom. The van der Waals surface area contributed by atoms with Gasteiger partial charge in [0.15, 0.2) is 0 Å². The molecule has 1 aliphatic rings. The van der Waals surface area contributed by atoms with Gasteiger partial charge in [0.1, 0.15) is 0 Å². The minimum Gasteiger partial charge on any atom is -0.130 e. The lowest BCUT2D eigenvalue weighted by atomic mass is 9.97. The monoisotopic (exact) mass is 440 g/mol. The van der Waals surface area contributed by atoms with E-state index in [4.69, 9.17) is 11.6 Å². The van der Waals surface area contributed by atoms with Crippen molar-refractivity contribution in [2.45, 2.75) is 18.2 Å². The molecule has 1 aromatic heterocycles. The first kappa shape index (κ1) is 14.3. The summed E-state index contributed by atoms with van der Waals surface area (Å²) in [6, 6.07) is 13.2. The van der Waals surface area contributed by atoms with Gasteiger partial charge >= 0.3 is 0 Å². The van der Waals surface area contributed by atoms with Gasteiger partial charge < -0.3 is 0 Å². The summed E-state index contributed by atoms with van der Waals surface area (Å²) in [7, 11) is 0. The Morgan fingerprint density at radius 3 is 2.52 bits per heavy atom. The lowest BCUT2D eigenvalue weighted by Crippen LogP contribution is -1.93. The molecule has 0 saturated carbocycles. The van der Waals surface area contributed by atoms with Crippen molar-refractivity contribution in [1.82, 2.24) is 0 Å². The standard InChI is InChI=1S/C17H11Br2ClS/c18-13-8-14(21-17(13)19)16(20)12-7-6-10-5-4-9-2-1-3-11(12)15(9)10/h1-3,6-8,16H,4-5H2. The van der Waals surface area contributed by atoms with Gasteiger partial charge in [-0.25, -0.2) is 0 Å². The SMILES string of the molecule is ClC(c1cc(Br)c(Br)s1)c1ccc2c3c(cccc13)CC2. The summed E-state index contributed by atoms with van der Waals surface area (Å²) in [6.45, 7) is 0. The minimum absolute atomic E-state index is 0.109. The van der Waals surface area contributed by atoms with Crippen molar-refractivity contribution in [3.05, 3.63) is 66.2 Å². The first-order valence-corrected chi connectivity index (χ1v) is 9.61. The second kappa shape index (κ2) is 5.38. The van der Waals surface area contributed by atoms with E-state index in [0.717, 1.165) is 26.0 Å². The van der Waals surface area contributed by atoms with Crippen LogP contribution in [0.4, 0.5) is 0 Å². The van der Waals surface area contributed by atoms with Crippen LogP contribution < -0.4 is 0 Å². The van der Waals surface area contributed by atoms with Crippen molar-refractivity contribution < 1.29 is 0 Å². The minimum atomic E-state index is -0.109. The number of hydrogen-bond acceptors (Lipinski definition) is 1. The number of rotatable bonds is 2. The largest absolute Gasteiger partial charge is 0.130 e. The molecule has 2 aromatic carbocycles. The summed E-state index contributed by atoms with van der Waals surface area (Å²) in [6.07, 6.45) is 2.30. The number of alkyl halides is 1. The van der Waals surface area contributed by atoms with Crippen LogP contribution in [-0.4, -0.2) is 0 Å². The predicted molar refractivity (Wildman–Crippen MR) is 98.8 cm³/mol. The fourth-order valence-corrected chi connectivity index (χ4v) is 5.61. The molecule has 1 atom stereocenters. The molecule has 0 fully saturated rings. The Kier molecular flexibility index (Phi) is 3.65. The molecular weight excluding hydrogens is 432 g/mol. The molecule has 1 heterocycles. The fourth-order valence-electron chi connectivity index (χ4n) is 3.13. The van der Waals surface area contributed by atoms with Crippen LogP contribution in [0.25, 0.3) is 10.8 Å². The van der Waals surface area contributed by atoms with E-state index < -0.39 is 0 Å². The van der Waals surface area contributed by atoms with Crippen molar-refractivity contribution in [2.75, 3.05) is 0 Å². The van der Waals surface area contributed by atoms with E-state index in [1.807, 2.05) is 0 Å². The summed E-state index contributed by atoms with van der Waals surface area (Å²) in [5.74, 6) is 0.